The number of rotatable bonds is 12. The van der Waals surface area contributed by atoms with Gasteiger partial charge in [0, 0.05) is 25.6 Å². The predicted molar refractivity (Wildman–Crippen MR) is 144 cm³/mol. The molecule has 7 nitrogen and oxygen atoms in total. The summed E-state index contributed by atoms with van der Waals surface area (Å²) in [5.74, 6) is -1.04. The van der Waals surface area contributed by atoms with Gasteiger partial charge in [0.1, 0.15) is 11.9 Å². The van der Waals surface area contributed by atoms with Gasteiger partial charge in [-0.25, -0.2) is 12.8 Å². The van der Waals surface area contributed by atoms with E-state index in [1.807, 2.05) is 38.1 Å². The first-order valence-electron chi connectivity index (χ1n) is 13.0. The van der Waals surface area contributed by atoms with E-state index in [2.05, 4.69) is 5.32 Å². The number of nitrogens with zero attached hydrogens (tertiary/aromatic N) is 2. The van der Waals surface area contributed by atoms with Gasteiger partial charge in [-0.15, -0.1) is 0 Å². The van der Waals surface area contributed by atoms with Crippen molar-refractivity contribution in [1.29, 1.82) is 0 Å². The highest BCUT2D eigenvalue weighted by Gasteiger charge is 2.31. The van der Waals surface area contributed by atoms with E-state index in [9.17, 15) is 22.4 Å². The van der Waals surface area contributed by atoms with Gasteiger partial charge >= 0.3 is 0 Å². The fourth-order valence-electron chi connectivity index (χ4n) is 4.93. The van der Waals surface area contributed by atoms with Crippen LogP contribution in [0.3, 0.4) is 0 Å². The molecule has 1 saturated carbocycles. The van der Waals surface area contributed by atoms with E-state index >= 15 is 0 Å². The summed E-state index contributed by atoms with van der Waals surface area (Å²) in [6, 6.07) is 13.0. The van der Waals surface area contributed by atoms with E-state index in [1.165, 1.54) is 18.2 Å². The molecule has 37 heavy (non-hydrogen) atoms. The molecule has 202 valence electrons. The lowest BCUT2D eigenvalue weighted by Crippen LogP contribution is -2.51. The molecule has 0 spiro atoms. The maximum atomic E-state index is 14.3. The molecule has 0 aromatic heterocycles. The Morgan fingerprint density at radius 3 is 2.43 bits per heavy atom. The zero-order chi connectivity index (χ0) is 27.0. The van der Waals surface area contributed by atoms with Crippen molar-refractivity contribution in [2.75, 3.05) is 17.1 Å². The van der Waals surface area contributed by atoms with Crippen LogP contribution in [0.25, 0.3) is 0 Å². The normalized spacial score (nSPS) is 14.8. The maximum Gasteiger partial charge on any atom is 0.243 e. The summed E-state index contributed by atoms with van der Waals surface area (Å²) in [7, 11) is -3.76. The quantitative estimate of drug-likeness (QED) is 0.436. The van der Waals surface area contributed by atoms with Gasteiger partial charge in [0.05, 0.1) is 11.9 Å². The van der Waals surface area contributed by atoms with Gasteiger partial charge in [0.15, 0.2) is 0 Å². The van der Waals surface area contributed by atoms with E-state index in [0.29, 0.717) is 6.42 Å². The average Bonchev–Trinajstić information content (AvgIpc) is 3.34. The molecule has 3 rings (SSSR count). The lowest BCUT2D eigenvalue weighted by Gasteiger charge is -2.32. The first kappa shape index (κ1) is 28.6. The van der Waals surface area contributed by atoms with E-state index in [0.717, 1.165) is 47.4 Å². The number of hydrogen-bond acceptors (Lipinski definition) is 4. The van der Waals surface area contributed by atoms with Gasteiger partial charge < -0.3 is 10.2 Å². The summed E-state index contributed by atoms with van der Waals surface area (Å²) < 4.78 is 40.1. The van der Waals surface area contributed by atoms with Crippen LogP contribution in [-0.4, -0.2) is 50.0 Å². The molecule has 0 aliphatic heterocycles. The Morgan fingerprint density at radius 2 is 1.81 bits per heavy atom. The van der Waals surface area contributed by atoms with Crippen molar-refractivity contribution in [2.24, 2.45) is 0 Å². The summed E-state index contributed by atoms with van der Waals surface area (Å²) in [4.78, 5) is 28.4. The molecule has 1 N–H and O–H groups in total. The second-order valence-electron chi connectivity index (χ2n) is 9.81. The van der Waals surface area contributed by atoms with Crippen molar-refractivity contribution >= 4 is 27.5 Å². The molecule has 2 amide bonds. The van der Waals surface area contributed by atoms with E-state index in [4.69, 9.17) is 0 Å². The van der Waals surface area contributed by atoms with Gasteiger partial charge in [-0.2, -0.15) is 0 Å². The van der Waals surface area contributed by atoms with Gasteiger partial charge in [-0.3, -0.25) is 13.9 Å². The number of sulfonamides is 1. The molecule has 2 aromatic rings. The second kappa shape index (κ2) is 13.0. The van der Waals surface area contributed by atoms with Crippen molar-refractivity contribution in [3.8, 4) is 0 Å². The zero-order valence-electron chi connectivity index (χ0n) is 22.0. The maximum absolute atomic E-state index is 14.3. The number of hydrogen-bond donors (Lipinski definition) is 1. The highest BCUT2D eigenvalue weighted by Crippen LogP contribution is 2.23. The molecule has 0 bridgehead atoms. The Morgan fingerprint density at radius 1 is 1.11 bits per heavy atom. The molecule has 2 aromatic carbocycles. The monoisotopic (exact) mass is 531 g/mol. The fourth-order valence-corrected chi connectivity index (χ4v) is 5.90. The third-order valence-corrected chi connectivity index (χ3v) is 7.98. The highest BCUT2D eigenvalue weighted by atomic mass is 32.2. The minimum absolute atomic E-state index is 0.0273. The molecule has 0 saturated heterocycles. The molecular formula is C28H38FN3O4S. The lowest BCUT2D eigenvalue weighted by atomic mass is 10.1. The zero-order valence-corrected chi connectivity index (χ0v) is 22.8. The number of carbonyl (C=O) groups is 2. The number of benzene rings is 2. The minimum atomic E-state index is -3.76. The van der Waals surface area contributed by atoms with Crippen molar-refractivity contribution in [1.82, 2.24) is 10.2 Å². The van der Waals surface area contributed by atoms with Gasteiger partial charge in [-0.05, 0) is 50.3 Å². The van der Waals surface area contributed by atoms with Crippen LogP contribution in [0, 0.1) is 12.7 Å². The molecule has 1 atom stereocenters. The molecule has 1 aliphatic carbocycles. The molecule has 1 aliphatic rings. The van der Waals surface area contributed by atoms with Crippen LogP contribution >= 0.6 is 0 Å². The van der Waals surface area contributed by atoms with Crippen LogP contribution in [0.5, 0.6) is 0 Å². The molecular weight excluding hydrogens is 493 g/mol. The number of para-hydroxylation sites is 1. The van der Waals surface area contributed by atoms with Crippen LogP contribution in [0.2, 0.25) is 0 Å². The number of nitrogens with one attached hydrogen (secondary N) is 1. The number of amides is 2. The molecule has 0 heterocycles. The average molecular weight is 532 g/mol. The fraction of sp³-hybridized carbons (Fsp3) is 0.500. The Bertz CT molecular complexity index is 1180. The van der Waals surface area contributed by atoms with Crippen molar-refractivity contribution in [3.63, 3.8) is 0 Å². The van der Waals surface area contributed by atoms with E-state index in [-0.39, 0.29) is 49.5 Å². The smallest absolute Gasteiger partial charge is 0.243 e. The Balaban J connectivity index is 1.76. The van der Waals surface area contributed by atoms with Crippen LogP contribution in [-0.2, 0) is 26.2 Å². The van der Waals surface area contributed by atoms with Crippen LogP contribution in [0.1, 0.15) is 63.0 Å². The van der Waals surface area contributed by atoms with E-state index < -0.39 is 21.9 Å². The first-order valence-corrected chi connectivity index (χ1v) is 14.8. The summed E-state index contributed by atoms with van der Waals surface area (Å²) in [5.41, 5.74) is 1.93. The van der Waals surface area contributed by atoms with E-state index in [1.54, 1.807) is 11.0 Å². The van der Waals surface area contributed by atoms with Crippen LogP contribution in [0.15, 0.2) is 48.5 Å². The largest absolute Gasteiger partial charge is 0.352 e. The third kappa shape index (κ3) is 8.02. The second-order valence-corrected chi connectivity index (χ2v) is 11.7. The first-order chi connectivity index (χ1) is 17.6. The summed E-state index contributed by atoms with van der Waals surface area (Å²) in [6.07, 6.45) is 5.77. The summed E-state index contributed by atoms with van der Waals surface area (Å²) >= 11 is 0. The number of aryl methyl sites for hydroxylation is 1. The molecule has 0 radical (unpaired) electrons. The van der Waals surface area contributed by atoms with Crippen molar-refractivity contribution < 1.29 is 22.4 Å². The topological polar surface area (TPSA) is 86.8 Å². The van der Waals surface area contributed by atoms with Crippen molar-refractivity contribution in [3.05, 3.63) is 65.5 Å². The standard InChI is InChI=1S/C28H38FN3O4S/c1-4-25(28(34)30-23-13-5-6-14-23)31(20-22-12-9-11-21(2)19-22)27(33)17-10-18-32(37(3,35)36)26-16-8-7-15-24(26)29/h7-9,11-12,15-16,19,23,25H,4-6,10,13-14,17-18,20H2,1-3H3,(H,30,34)/t25-/m1/s1. The highest BCUT2D eigenvalue weighted by molar-refractivity contribution is 7.92. The number of carbonyl (C=O) groups excluding carboxylic acids is 2. The molecule has 1 fully saturated rings. The minimum Gasteiger partial charge on any atom is -0.352 e. The Hall–Kier alpha value is -2.94. The summed E-state index contributed by atoms with van der Waals surface area (Å²) in [6.45, 7) is 4.09. The lowest BCUT2D eigenvalue weighted by molar-refractivity contribution is -0.141. The van der Waals surface area contributed by atoms with Crippen molar-refractivity contribution in [2.45, 2.75) is 77.4 Å². The van der Waals surface area contributed by atoms with Gasteiger partial charge in [-0.1, -0.05) is 61.7 Å². The predicted octanol–water partition coefficient (Wildman–Crippen LogP) is 4.55. The van der Waals surface area contributed by atoms with Gasteiger partial charge in [0.25, 0.3) is 0 Å². The number of halogens is 1. The molecule has 9 heteroatoms. The molecule has 0 unspecified atom stereocenters. The van der Waals surface area contributed by atoms with Gasteiger partial charge in [0.2, 0.25) is 21.8 Å². The number of anilines is 1. The SMILES string of the molecule is CC[C@H](C(=O)NC1CCCC1)N(Cc1cccc(C)c1)C(=O)CCCN(c1ccccc1F)S(C)(=O)=O. The summed E-state index contributed by atoms with van der Waals surface area (Å²) in [5, 5.41) is 3.12. The third-order valence-electron chi connectivity index (χ3n) is 6.80. The van der Waals surface area contributed by atoms with Crippen LogP contribution in [0.4, 0.5) is 10.1 Å². The Kier molecular flexibility index (Phi) is 10.1. The van der Waals surface area contributed by atoms with Crippen LogP contribution < -0.4 is 9.62 Å². The Labute approximate surface area is 220 Å².